The molecule has 3 heteroatoms. The molecule has 168 valence electrons. The fourth-order valence-electron chi connectivity index (χ4n) is 5.40. The van der Waals surface area contributed by atoms with E-state index >= 15 is 0 Å². The largest absolute Gasteiger partial charge is 0.456 e. The maximum Gasteiger partial charge on any atom is 0.287 e. The molecule has 0 aliphatic heterocycles. The third kappa shape index (κ3) is 4.61. The van der Waals surface area contributed by atoms with Crippen LogP contribution in [-0.2, 0) is 17.3 Å². The highest BCUT2D eigenvalue weighted by Crippen LogP contribution is 2.46. The zero-order chi connectivity index (χ0) is 22.4. The van der Waals surface area contributed by atoms with Crippen molar-refractivity contribution in [3.63, 3.8) is 0 Å². The van der Waals surface area contributed by atoms with E-state index in [1.165, 1.54) is 47.9 Å². The van der Waals surface area contributed by atoms with Crippen molar-refractivity contribution in [2.24, 2.45) is 5.92 Å². The fraction of sp³-hybridized carbons (Fsp3) is 0.607. The van der Waals surface area contributed by atoms with E-state index in [-0.39, 0.29) is 22.8 Å². The van der Waals surface area contributed by atoms with Gasteiger partial charge in [-0.15, -0.1) is 0 Å². The molecule has 0 atom stereocenters. The average Bonchev–Trinajstić information content (AvgIpc) is 3.17. The number of rotatable bonds is 4. The summed E-state index contributed by atoms with van der Waals surface area (Å²) in [6, 6.07) is 8.87. The highest BCUT2D eigenvalue weighted by molar-refractivity contribution is 5.91. The van der Waals surface area contributed by atoms with Gasteiger partial charge in [0.25, 0.3) is 5.91 Å². The summed E-state index contributed by atoms with van der Waals surface area (Å²) < 4.78 is 5.99. The molecule has 31 heavy (non-hydrogen) atoms. The van der Waals surface area contributed by atoms with Gasteiger partial charge in [0.15, 0.2) is 5.76 Å². The lowest BCUT2D eigenvalue weighted by atomic mass is 9.62. The maximum absolute atomic E-state index is 12.7. The molecule has 0 bridgehead atoms. The van der Waals surface area contributed by atoms with Gasteiger partial charge in [0.1, 0.15) is 5.76 Å². The molecular formula is C28H39NO2. The molecule has 1 heterocycles. The summed E-state index contributed by atoms with van der Waals surface area (Å²) in [5, 5.41) is 3.17. The average molecular weight is 422 g/mol. The number of hydrogen-bond donors (Lipinski definition) is 1. The van der Waals surface area contributed by atoms with E-state index in [1.807, 2.05) is 12.1 Å². The van der Waals surface area contributed by atoms with Crippen LogP contribution in [0.4, 0.5) is 0 Å². The van der Waals surface area contributed by atoms with Crippen LogP contribution in [0.15, 0.2) is 28.7 Å². The normalized spacial score (nSPS) is 24.5. The van der Waals surface area contributed by atoms with Crippen molar-refractivity contribution in [1.29, 1.82) is 0 Å². The van der Waals surface area contributed by atoms with Gasteiger partial charge < -0.3 is 9.73 Å². The number of nitrogens with one attached hydrogen (secondary N) is 1. The van der Waals surface area contributed by atoms with Gasteiger partial charge in [-0.25, -0.2) is 0 Å². The van der Waals surface area contributed by atoms with Gasteiger partial charge in [0.05, 0.1) is 0 Å². The summed E-state index contributed by atoms with van der Waals surface area (Å²) in [6.45, 7) is 14.0. The lowest BCUT2D eigenvalue weighted by Gasteiger charge is -2.42. The molecular weight excluding hydrogens is 382 g/mol. The minimum atomic E-state index is -0.0733. The summed E-state index contributed by atoms with van der Waals surface area (Å²) in [6.07, 6.45) is 7.69. The quantitative estimate of drug-likeness (QED) is 0.587. The van der Waals surface area contributed by atoms with E-state index < -0.39 is 0 Å². The lowest BCUT2D eigenvalue weighted by Crippen LogP contribution is -2.37. The van der Waals surface area contributed by atoms with Crippen LogP contribution in [0.1, 0.15) is 112 Å². The first-order valence-electron chi connectivity index (χ1n) is 12.1. The molecule has 2 aliphatic rings. The molecule has 1 amide bonds. The first kappa shape index (κ1) is 22.2. The van der Waals surface area contributed by atoms with Gasteiger partial charge in [0, 0.05) is 12.5 Å². The SMILES string of the molecule is Cc1cc2c(cc1Cc1ccc(C(=O)NC3CCC(C)CC3)o1)C(C)(C)CCC2(C)C. The topological polar surface area (TPSA) is 42.2 Å². The molecule has 3 nitrogen and oxygen atoms in total. The Morgan fingerprint density at radius 3 is 2.26 bits per heavy atom. The summed E-state index contributed by atoms with van der Waals surface area (Å²) in [5.41, 5.74) is 5.99. The smallest absolute Gasteiger partial charge is 0.287 e. The molecule has 1 aromatic heterocycles. The van der Waals surface area contributed by atoms with E-state index in [2.05, 4.69) is 59.0 Å². The molecule has 1 aromatic carbocycles. The van der Waals surface area contributed by atoms with Crippen LogP contribution in [0.5, 0.6) is 0 Å². The minimum absolute atomic E-state index is 0.0733. The Balaban J connectivity index is 1.50. The molecule has 0 spiro atoms. The number of fused-ring (bicyclic) bond motifs is 1. The Kier molecular flexibility index (Phi) is 5.83. The minimum Gasteiger partial charge on any atom is -0.456 e. The number of amides is 1. The van der Waals surface area contributed by atoms with Crippen LogP contribution in [0.3, 0.4) is 0 Å². The Morgan fingerprint density at radius 2 is 1.61 bits per heavy atom. The predicted molar refractivity (Wildman–Crippen MR) is 127 cm³/mol. The van der Waals surface area contributed by atoms with E-state index in [1.54, 1.807) is 0 Å². The number of carbonyl (C=O) groups is 1. The van der Waals surface area contributed by atoms with E-state index in [4.69, 9.17) is 4.42 Å². The molecule has 2 aliphatic carbocycles. The van der Waals surface area contributed by atoms with Crippen molar-refractivity contribution in [2.75, 3.05) is 0 Å². The molecule has 0 unspecified atom stereocenters. The summed E-state index contributed by atoms with van der Waals surface area (Å²) in [7, 11) is 0. The maximum atomic E-state index is 12.7. The van der Waals surface area contributed by atoms with Crippen LogP contribution in [0.25, 0.3) is 0 Å². The fourth-order valence-corrected chi connectivity index (χ4v) is 5.40. The number of benzene rings is 1. The lowest BCUT2D eigenvalue weighted by molar-refractivity contribution is 0.0893. The molecule has 4 rings (SSSR count). The Labute approximate surface area is 188 Å². The number of hydrogen-bond acceptors (Lipinski definition) is 2. The van der Waals surface area contributed by atoms with Crippen LogP contribution in [0.2, 0.25) is 0 Å². The Hall–Kier alpha value is -2.03. The van der Waals surface area contributed by atoms with Crippen molar-refractivity contribution in [3.05, 3.63) is 58.0 Å². The second-order valence-corrected chi connectivity index (χ2v) is 11.5. The third-order valence-electron chi connectivity index (χ3n) is 7.91. The van der Waals surface area contributed by atoms with E-state index in [0.29, 0.717) is 5.76 Å². The summed E-state index contributed by atoms with van der Waals surface area (Å²) in [5.74, 6) is 2.00. The zero-order valence-electron chi connectivity index (χ0n) is 20.2. The van der Waals surface area contributed by atoms with Crippen LogP contribution < -0.4 is 5.32 Å². The standard InChI is InChI=1S/C28H39NO2/c1-18-7-9-21(10-8-18)29-26(30)25-12-11-22(31-25)16-20-17-24-23(15-19(20)2)27(3,4)13-14-28(24,5)6/h11-12,15,17-18,21H,7-10,13-14,16H2,1-6H3,(H,29,30). The highest BCUT2D eigenvalue weighted by atomic mass is 16.3. The molecule has 2 aromatic rings. The van der Waals surface area contributed by atoms with Crippen molar-refractivity contribution in [1.82, 2.24) is 5.32 Å². The molecule has 1 saturated carbocycles. The molecule has 1 N–H and O–H groups in total. The monoisotopic (exact) mass is 421 g/mol. The van der Waals surface area contributed by atoms with E-state index in [9.17, 15) is 4.79 Å². The third-order valence-corrected chi connectivity index (χ3v) is 7.91. The zero-order valence-corrected chi connectivity index (χ0v) is 20.2. The second-order valence-electron chi connectivity index (χ2n) is 11.5. The van der Waals surface area contributed by atoms with Gasteiger partial charge >= 0.3 is 0 Å². The van der Waals surface area contributed by atoms with Crippen molar-refractivity contribution in [2.45, 2.75) is 103 Å². The first-order chi connectivity index (χ1) is 14.5. The van der Waals surface area contributed by atoms with Crippen molar-refractivity contribution < 1.29 is 9.21 Å². The molecule has 1 fully saturated rings. The van der Waals surface area contributed by atoms with Gasteiger partial charge in [-0.05, 0) is 96.6 Å². The number of furan rings is 1. The molecule has 0 radical (unpaired) electrons. The van der Waals surface area contributed by atoms with Gasteiger partial charge in [-0.3, -0.25) is 4.79 Å². The van der Waals surface area contributed by atoms with Crippen molar-refractivity contribution in [3.8, 4) is 0 Å². The Bertz CT molecular complexity index is 957. The summed E-state index contributed by atoms with van der Waals surface area (Å²) >= 11 is 0. The molecule has 0 saturated heterocycles. The Morgan fingerprint density at radius 1 is 1.00 bits per heavy atom. The second kappa shape index (κ2) is 8.15. The summed E-state index contributed by atoms with van der Waals surface area (Å²) in [4.78, 5) is 12.7. The number of aryl methyl sites for hydroxylation is 1. The van der Waals surface area contributed by atoms with Crippen LogP contribution >= 0.6 is 0 Å². The van der Waals surface area contributed by atoms with Crippen LogP contribution in [0, 0.1) is 12.8 Å². The van der Waals surface area contributed by atoms with Crippen molar-refractivity contribution >= 4 is 5.91 Å². The van der Waals surface area contributed by atoms with Gasteiger partial charge in [-0.2, -0.15) is 0 Å². The van der Waals surface area contributed by atoms with Crippen LogP contribution in [-0.4, -0.2) is 11.9 Å². The number of carbonyl (C=O) groups excluding carboxylic acids is 1. The van der Waals surface area contributed by atoms with Gasteiger partial charge in [0.2, 0.25) is 0 Å². The van der Waals surface area contributed by atoms with E-state index in [0.717, 1.165) is 30.9 Å². The van der Waals surface area contributed by atoms with Gasteiger partial charge in [-0.1, -0.05) is 46.8 Å². The predicted octanol–water partition coefficient (Wildman–Crippen LogP) is 6.84. The highest BCUT2D eigenvalue weighted by Gasteiger charge is 2.37. The first-order valence-corrected chi connectivity index (χ1v) is 12.1.